The number of likely N-dealkylation sites (tertiary alicyclic amines) is 2. The molecule has 6 amide bonds. The van der Waals surface area contributed by atoms with Gasteiger partial charge in [-0.25, -0.2) is 29.5 Å². The zero-order valence-electron chi connectivity index (χ0n) is 71.7. The van der Waals surface area contributed by atoms with Gasteiger partial charge < -0.3 is 94.4 Å². The minimum Gasteiger partial charge on any atom is -0.497 e. The Morgan fingerprint density at radius 3 is 1.29 bits per heavy atom. The Morgan fingerprint density at radius 2 is 0.967 bits per heavy atom. The van der Waals surface area contributed by atoms with Crippen LogP contribution in [-0.2, 0) is 42.3 Å². The number of carbonyl (C=O) groups excluding carboxylic acids is 6. The third-order valence-electron chi connectivity index (χ3n) is 21.1. The van der Waals surface area contributed by atoms with Crippen molar-refractivity contribution in [1.82, 2.24) is 51.0 Å². The number of fused-ring (bicyclic) bond motifs is 2. The van der Waals surface area contributed by atoms with E-state index in [0.29, 0.717) is 67.6 Å². The van der Waals surface area contributed by atoms with Gasteiger partial charge in [0.05, 0.1) is 55.8 Å². The van der Waals surface area contributed by atoms with Crippen LogP contribution >= 0.6 is 37.9 Å². The predicted molar refractivity (Wildman–Crippen MR) is 466 cm³/mol. The van der Waals surface area contributed by atoms with Gasteiger partial charge in [0.1, 0.15) is 94.9 Å². The van der Waals surface area contributed by atoms with Crippen molar-refractivity contribution in [2.24, 2.45) is 22.7 Å². The number of benzene rings is 2. The molecule has 35 heteroatoms. The lowest BCUT2D eigenvalue weighted by molar-refractivity contribution is -0.142. The summed E-state index contributed by atoms with van der Waals surface area (Å²) in [5, 5.41) is 28.9. The van der Waals surface area contributed by atoms with Crippen LogP contribution < -0.4 is 50.8 Å². The van der Waals surface area contributed by atoms with Gasteiger partial charge in [0.25, 0.3) is 0 Å². The van der Waals surface area contributed by atoms with Crippen molar-refractivity contribution in [1.29, 1.82) is 0 Å². The highest BCUT2D eigenvalue weighted by Gasteiger charge is 2.69. The number of ether oxygens (including phenoxy) is 6. The molecule has 10 N–H and O–H groups in total. The Balaban J connectivity index is 0.000000278. The van der Waals surface area contributed by atoms with Crippen molar-refractivity contribution >= 4 is 106 Å². The van der Waals surface area contributed by atoms with Crippen molar-refractivity contribution in [3.05, 3.63) is 84.6 Å². The number of nitrogens with one attached hydrogen (secondary N) is 6. The fourth-order valence-electron chi connectivity index (χ4n) is 15.0. The molecule has 6 aromatic rings. The maximum atomic E-state index is 14.8. The maximum absolute atomic E-state index is 14.8. The molecule has 31 nitrogen and oxygen atoms in total. The predicted octanol–water partition coefficient (Wildman–Crippen LogP) is 14.3. The molecule has 0 radical (unpaired) electrons. The van der Waals surface area contributed by atoms with E-state index in [-0.39, 0.29) is 76.6 Å². The summed E-state index contributed by atoms with van der Waals surface area (Å²) >= 11 is 2.90. The minimum absolute atomic E-state index is 0. The van der Waals surface area contributed by atoms with E-state index >= 15 is 0 Å². The van der Waals surface area contributed by atoms with Crippen molar-refractivity contribution in [2.75, 3.05) is 37.9 Å². The Morgan fingerprint density at radius 1 is 0.600 bits per heavy atom. The number of aliphatic hydroxyl groups excluding tert-OH is 1. The van der Waals surface area contributed by atoms with E-state index in [1.54, 1.807) is 99.1 Å². The number of hydrogen-bond acceptors (Lipinski definition) is 24. The number of thiazole rings is 2. The van der Waals surface area contributed by atoms with E-state index < -0.39 is 127 Å². The summed E-state index contributed by atoms with van der Waals surface area (Å²) in [4.78, 5) is 138. The zero-order chi connectivity index (χ0) is 88.3. The molecular weight excluding hydrogens is 1620 g/mol. The highest BCUT2D eigenvalue weighted by Crippen LogP contribution is 2.71. The number of methoxy groups -OCH3 is 2. The molecule has 0 bridgehead atoms. The Labute approximate surface area is 713 Å². The third-order valence-corrected chi connectivity index (χ3v) is 26.7. The largest absolute Gasteiger partial charge is 0.497 e. The number of alkyl carbamates (subject to hydrolysis) is 2. The number of nitrogens with zero attached hydrogens (tertiary/aromatic N) is 6. The summed E-state index contributed by atoms with van der Waals surface area (Å²) in [6.07, 6.45) is 11.6. The molecule has 4 saturated carbocycles. The van der Waals surface area contributed by atoms with Crippen LogP contribution in [0.3, 0.4) is 0 Å². The quantitative estimate of drug-likeness (QED) is 0.0124. The SMILES string of the molecule is C.C=C[C@@H]1C[C@]1(NC(=O)C1CC(Oc2cc(-c3csc(NC(C)C)n3)nc3cc(OC)ccc23)CN1C(=O)[C@@H](NC(=O)OC1CCCC1)C(C)(C)C)P(=O)(O)O.C=C[C@@H]1C[C@]1(NC(=O)[C@@H]1C[C@@H](Oc2cc(-c3csc(NC(C)C)n3)nc3cc(OC)ccc23)CN1C(=O)[C@@H](NC(=O)OC1CCCC1)C(C)(C)C)P(=O)(O)OC(C)C.CC(C)O.[2H]C#C. The smallest absolute Gasteiger partial charge is 0.408 e. The molecule has 3 unspecified atom stereocenters. The van der Waals surface area contributed by atoms with Gasteiger partial charge >= 0.3 is 27.4 Å². The van der Waals surface area contributed by atoms with Crippen molar-refractivity contribution in [3.8, 4) is 58.6 Å². The second kappa shape index (κ2) is 40.4. The number of terminal acetylenes is 1. The van der Waals surface area contributed by atoms with Gasteiger partial charge in [-0.15, -0.1) is 48.7 Å². The second-order valence-electron chi connectivity index (χ2n) is 34.2. The number of carbonyl (C=O) groups is 6. The standard InChI is InChI=1S/C41H57N6O9PS.C38H51N6O9PS.C3H8O.C2H2.CH4/c1-10-25-20-41(25,57(51,52)56-24(4)5)46-36(48)33-18-28(21-47(33)37(49)35(40(6,7)8)45-39(50)55-26-13-11-12-14-26)54-34-19-31(32-22-58-38(44-32)42-23(2)3)43-30-17-27(53-9)15-16-29(30)34;1-8-22-18-38(22,54(48,49)50)43-33(45)30-16-25(19-44(30)34(46)32(37(4,5)6)42-36(47)53-23-11-9-10-12-23)52-31-17-28(29-20-55-35(41-29)39-21(2)3)40-27-15-24(51-7)13-14-26(27)31;1-3(2)4;1-2;/h10,15-17,19,22-26,28,33,35H,1,11-14,18,20-21H2,2-9H3,(H,42,44)(H,45,50)(H,46,48)(H,51,52);8,13-15,17,20-23,25,30,32H,1,9-12,16,18-19H2,2-7H3,(H,39,41)(H,42,47)(H,43,45)(H2,48,49,50);3-4H,1-2H3;1-2H;1H4/t25-,28-,33+,35-,41+;22-,25?,30?,32-,38+;;;/m11.../s1/i;;;1D;. The van der Waals surface area contributed by atoms with E-state index in [2.05, 4.69) is 51.5 Å². The fraction of sp³-hybridized carbons (Fsp3) is 0.576. The molecule has 2 aromatic carbocycles. The summed E-state index contributed by atoms with van der Waals surface area (Å²) in [5.41, 5.74) is 1.90. The number of aromatic nitrogens is 4. The third kappa shape index (κ3) is 23.6. The molecule has 0 spiro atoms. The van der Waals surface area contributed by atoms with Gasteiger partial charge in [-0.1, -0.05) is 61.1 Å². The number of amides is 6. The highest BCUT2D eigenvalue weighted by atomic mass is 32.1. The first-order valence-electron chi connectivity index (χ1n) is 40.7. The first kappa shape index (κ1) is 94.9. The van der Waals surface area contributed by atoms with Crippen LogP contribution in [0.25, 0.3) is 44.6 Å². The molecule has 4 aliphatic carbocycles. The zero-order valence-corrected chi connectivity index (χ0v) is 74.1. The molecule has 4 aromatic heterocycles. The summed E-state index contributed by atoms with van der Waals surface area (Å²) in [5.74, 6) is -1.58. The van der Waals surface area contributed by atoms with E-state index in [4.69, 9.17) is 59.4 Å². The van der Waals surface area contributed by atoms with Crippen molar-refractivity contribution in [3.63, 3.8) is 0 Å². The van der Waals surface area contributed by atoms with Gasteiger partial charge in [0.15, 0.2) is 10.3 Å². The molecule has 12 rings (SSSR count). The van der Waals surface area contributed by atoms with Gasteiger partial charge in [-0.05, 0) is 155 Å². The first-order chi connectivity index (χ1) is 56.4. The van der Waals surface area contributed by atoms with E-state index in [0.717, 1.165) is 61.6 Å². The van der Waals surface area contributed by atoms with Crippen molar-refractivity contribution in [2.45, 2.75) is 265 Å². The number of aliphatic hydroxyl groups is 1. The first-order valence-corrected chi connectivity index (χ1v) is 45.2. The van der Waals surface area contributed by atoms with E-state index in [1.165, 1.54) is 51.0 Å². The Kier molecular flexibility index (Phi) is 31.9. The molecule has 6 aliphatic rings. The summed E-state index contributed by atoms with van der Waals surface area (Å²) in [6, 6.07) is 10.2. The summed E-state index contributed by atoms with van der Waals surface area (Å²) in [6.45, 7) is 33.1. The Hall–Kier alpha value is -8.96. The molecule has 120 heavy (non-hydrogen) atoms. The van der Waals surface area contributed by atoms with Crippen molar-refractivity contribution < 1.29 is 92.0 Å². The highest BCUT2D eigenvalue weighted by molar-refractivity contribution is 7.55. The van der Waals surface area contributed by atoms with Gasteiger partial charge in [-0.2, -0.15) is 0 Å². The molecule has 6 fully saturated rings. The maximum Gasteiger partial charge on any atom is 0.408 e. The number of hydrogen-bond donors (Lipinski definition) is 10. The molecular formula is C85H122N12O19P2S2. The van der Waals surface area contributed by atoms with Gasteiger partial charge in [0, 0.05) is 88.7 Å². The molecule has 6 heterocycles. The monoisotopic (exact) mass is 1740 g/mol. The lowest BCUT2D eigenvalue weighted by Crippen LogP contribution is -2.58. The van der Waals surface area contributed by atoms with Crippen LogP contribution in [-0.4, -0.2) is 196 Å². The lowest BCUT2D eigenvalue weighted by Gasteiger charge is -2.35. The minimum atomic E-state index is -4.83. The van der Waals surface area contributed by atoms with Gasteiger partial charge in [-0.3, -0.25) is 28.3 Å². The van der Waals surface area contributed by atoms with Crippen LogP contribution in [0.15, 0.2) is 84.6 Å². The normalized spacial score (nSPS) is 22.5. The second-order valence-corrected chi connectivity index (χ2v) is 39.8. The van der Waals surface area contributed by atoms with E-state index in [1.807, 2.05) is 71.4 Å². The van der Waals surface area contributed by atoms with Gasteiger partial charge in [0.2, 0.25) is 23.6 Å². The fourth-order valence-corrected chi connectivity index (χ4v) is 19.9. The van der Waals surface area contributed by atoms with Crippen LogP contribution in [0.4, 0.5) is 19.9 Å². The topological polar surface area (TPSA) is 412 Å². The average molecular weight is 1740 g/mol. The average Bonchev–Trinajstić information content (AvgIpc) is 1.56. The number of anilines is 2. The Bertz CT molecular complexity index is 4800. The van der Waals surface area contributed by atoms with Crippen LogP contribution in [0.1, 0.15) is 183 Å². The summed E-state index contributed by atoms with van der Waals surface area (Å²) in [7, 11) is -6.11. The molecule has 2 aliphatic heterocycles. The van der Waals surface area contributed by atoms with Crippen LogP contribution in [0.2, 0.25) is 0 Å². The van der Waals surface area contributed by atoms with Crippen LogP contribution in [0.5, 0.6) is 23.0 Å². The van der Waals surface area contributed by atoms with Crippen LogP contribution in [0, 0.1) is 35.5 Å². The molecule has 11 atom stereocenters. The number of pyridine rings is 2. The molecule has 2 saturated heterocycles. The van der Waals surface area contributed by atoms with E-state index in [9.17, 15) is 52.6 Å². The lowest BCUT2D eigenvalue weighted by atomic mass is 9.85. The summed E-state index contributed by atoms with van der Waals surface area (Å²) < 4.78 is 73.3. The number of rotatable bonds is 28. The molecule has 658 valence electrons.